The second-order valence-electron chi connectivity index (χ2n) is 5.87. The van der Waals surface area contributed by atoms with Gasteiger partial charge in [0.2, 0.25) is 5.88 Å². The first-order valence-corrected chi connectivity index (χ1v) is 7.58. The molecule has 0 aromatic carbocycles. The Morgan fingerprint density at radius 1 is 1.29 bits per heavy atom. The number of carbonyl (C=O) groups is 1. The second-order valence-corrected chi connectivity index (χ2v) is 5.87. The fraction of sp³-hybridized carbons (Fsp3) is 0.667. The fourth-order valence-corrected chi connectivity index (χ4v) is 3.79. The number of piperidine rings is 1. The van der Waals surface area contributed by atoms with Crippen LogP contribution in [0.3, 0.4) is 0 Å². The van der Waals surface area contributed by atoms with Crippen LogP contribution in [0.5, 0.6) is 5.88 Å². The Balaban J connectivity index is 1.96. The summed E-state index contributed by atoms with van der Waals surface area (Å²) in [7, 11) is 1.56. The third-order valence-electron chi connectivity index (χ3n) is 4.76. The smallest absolute Gasteiger partial charge is 0.326 e. The van der Waals surface area contributed by atoms with Gasteiger partial charge in [0.05, 0.1) is 7.11 Å². The molecule has 2 fully saturated rings. The number of carboxylic acids is 1. The average Bonchev–Trinajstić information content (AvgIpc) is 2.53. The molecule has 1 aromatic rings. The molecule has 0 radical (unpaired) electrons. The summed E-state index contributed by atoms with van der Waals surface area (Å²) < 4.78 is 5.15. The lowest BCUT2D eigenvalue weighted by molar-refractivity contribution is -0.139. The van der Waals surface area contributed by atoms with Gasteiger partial charge in [-0.2, -0.15) is 0 Å². The van der Waals surface area contributed by atoms with Crippen LogP contribution in [-0.2, 0) is 4.79 Å². The Morgan fingerprint density at radius 2 is 2.10 bits per heavy atom. The lowest BCUT2D eigenvalue weighted by Gasteiger charge is -2.47. The Kier molecular flexibility index (Phi) is 3.94. The van der Waals surface area contributed by atoms with Crippen LogP contribution in [0.1, 0.15) is 38.5 Å². The first-order chi connectivity index (χ1) is 10.2. The molecule has 1 saturated carbocycles. The SMILES string of the molecule is COc1cc(N2C(C(=O)O)CCC3CCCCC32)ncn1. The van der Waals surface area contributed by atoms with Crippen LogP contribution in [0, 0.1) is 5.92 Å². The van der Waals surface area contributed by atoms with Gasteiger partial charge in [-0.25, -0.2) is 14.8 Å². The monoisotopic (exact) mass is 291 g/mol. The van der Waals surface area contributed by atoms with Crippen LogP contribution >= 0.6 is 0 Å². The molecule has 3 atom stereocenters. The van der Waals surface area contributed by atoms with Gasteiger partial charge in [0, 0.05) is 12.1 Å². The molecule has 0 spiro atoms. The van der Waals surface area contributed by atoms with Gasteiger partial charge in [-0.1, -0.05) is 12.8 Å². The van der Waals surface area contributed by atoms with Crippen molar-refractivity contribution in [3.63, 3.8) is 0 Å². The molecule has 1 aliphatic carbocycles. The number of ether oxygens (including phenoxy) is 1. The first kappa shape index (κ1) is 14.1. The predicted octanol–water partition coefficient (Wildman–Crippen LogP) is 2.10. The molecule has 1 aromatic heterocycles. The number of fused-ring (bicyclic) bond motifs is 1. The number of rotatable bonds is 3. The highest BCUT2D eigenvalue weighted by Crippen LogP contribution is 2.40. The molecule has 1 aliphatic heterocycles. The predicted molar refractivity (Wildman–Crippen MR) is 77.5 cm³/mol. The number of nitrogens with zero attached hydrogens (tertiary/aromatic N) is 3. The lowest BCUT2D eigenvalue weighted by Crippen LogP contribution is -2.55. The average molecular weight is 291 g/mol. The summed E-state index contributed by atoms with van der Waals surface area (Å²) >= 11 is 0. The van der Waals surface area contributed by atoms with E-state index in [-0.39, 0.29) is 6.04 Å². The highest BCUT2D eigenvalue weighted by Gasteiger charge is 2.42. The topological polar surface area (TPSA) is 75.5 Å². The van der Waals surface area contributed by atoms with E-state index in [0.717, 1.165) is 19.3 Å². The van der Waals surface area contributed by atoms with E-state index in [0.29, 0.717) is 24.0 Å². The number of methoxy groups -OCH3 is 1. The van der Waals surface area contributed by atoms with Crippen LogP contribution in [0.25, 0.3) is 0 Å². The molecule has 0 bridgehead atoms. The molecule has 6 nitrogen and oxygen atoms in total. The number of hydrogen-bond acceptors (Lipinski definition) is 5. The zero-order chi connectivity index (χ0) is 14.8. The van der Waals surface area contributed by atoms with Gasteiger partial charge in [-0.15, -0.1) is 0 Å². The van der Waals surface area contributed by atoms with Crippen molar-refractivity contribution in [2.24, 2.45) is 5.92 Å². The van der Waals surface area contributed by atoms with Gasteiger partial charge in [0.1, 0.15) is 18.2 Å². The van der Waals surface area contributed by atoms with E-state index in [1.807, 2.05) is 4.90 Å². The van der Waals surface area contributed by atoms with Gasteiger partial charge in [-0.05, 0) is 31.6 Å². The summed E-state index contributed by atoms with van der Waals surface area (Å²) in [5.41, 5.74) is 0. The summed E-state index contributed by atoms with van der Waals surface area (Å²) in [6, 6.07) is 1.52. The Hall–Kier alpha value is -1.85. The van der Waals surface area contributed by atoms with Gasteiger partial charge < -0.3 is 14.7 Å². The van der Waals surface area contributed by atoms with Gasteiger partial charge >= 0.3 is 5.97 Å². The molecule has 2 heterocycles. The Morgan fingerprint density at radius 3 is 2.86 bits per heavy atom. The Labute approximate surface area is 124 Å². The number of hydrogen-bond donors (Lipinski definition) is 1. The van der Waals surface area contributed by atoms with Crippen LogP contribution < -0.4 is 9.64 Å². The molecule has 114 valence electrons. The summed E-state index contributed by atoms with van der Waals surface area (Å²) in [6.45, 7) is 0. The fourth-order valence-electron chi connectivity index (χ4n) is 3.79. The quantitative estimate of drug-likeness (QED) is 0.919. The zero-order valence-corrected chi connectivity index (χ0v) is 12.2. The largest absolute Gasteiger partial charge is 0.481 e. The van der Waals surface area contributed by atoms with Gasteiger partial charge in [0.25, 0.3) is 0 Å². The minimum atomic E-state index is -0.767. The summed E-state index contributed by atoms with van der Waals surface area (Å²) in [5.74, 6) is 0.958. The molecule has 21 heavy (non-hydrogen) atoms. The molecular formula is C15H21N3O3. The van der Waals surface area contributed by atoms with Crippen molar-refractivity contribution in [1.29, 1.82) is 0 Å². The van der Waals surface area contributed by atoms with E-state index >= 15 is 0 Å². The Bertz CT molecular complexity index is 523. The highest BCUT2D eigenvalue weighted by atomic mass is 16.5. The molecule has 1 saturated heterocycles. The van der Waals surface area contributed by atoms with Crippen LogP contribution in [0.2, 0.25) is 0 Å². The third-order valence-corrected chi connectivity index (χ3v) is 4.76. The standard InChI is InChI=1S/C15H21N3O3/c1-21-14-8-13(16-9-17-14)18-11-5-3-2-4-10(11)6-7-12(18)15(19)20/h8-12H,2-7H2,1H3,(H,19,20). The van der Waals surface area contributed by atoms with Crippen molar-refractivity contribution in [2.75, 3.05) is 12.0 Å². The lowest BCUT2D eigenvalue weighted by atomic mass is 9.76. The van der Waals surface area contributed by atoms with Crippen LogP contribution in [0.4, 0.5) is 5.82 Å². The van der Waals surface area contributed by atoms with E-state index in [4.69, 9.17) is 4.74 Å². The van der Waals surface area contributed by atoms with Crippen molar-refractivity contribution in [3.8, 4) is 5.88 Å². The first-order valence-electron chi connectivity index (χ1n) is 7.58. The van der Waals surface area contributed by atoms with E-state index in [2.05, 4.69) is 9.97 Å². The van der Waals surface area contributed by atoms with E-state index in [9.17, 15) is 9.90 Å². The second kappa shape index (κ2) is 5.87. The molecule has 6 heteroatoms. The molecule has 3 rings (SSSR count). The molecular weight excluding hydrogens is 270 g/mol. The maximum Gasteiger partial charge on any atom is 0.326 e. The molecule has 2 aliphatic rings. The van der Waals surface area contributed by atoms with Crippen LogP contribution in [-0.4, -0.2) is 40.2 Å². The summed E-state index contributed by atoms with van der Waals surface area (Å²) in [4.78, 5) is 22.0. The van der Waals surface area contributed by atoms with E-state index in [1.165, 1.54) is 19.2 Å². The molecule has 3 unspecified atom stereocenters. The number of aromatic nitrogens is 2. The van der Waals surface area contributed by atoms with Crippen molar-refractivity contribution >= 4 is 11.8 Å². The maximum absolute atomic E-state index is 11.7. The minimum Gasteiger partial charge on any atom is -0.481 e. The van der Waals surface area contributed by atoms with Crippen molar-refractivity contribution in [1.82, 2.24) is 9.97 Å². The normalized spacial score (nSPS) is 28.8. The minimum absolute atomic E-state index is 0.271. The summed E-state index contributed by atoms with van der Waals surface area (Å²) in [6.07, 6.45) is 7.77. The van der Waals surface area contributed by atoms with E-state index in [1.54, 1.807) is 13.2 Å². The summed E-state index contributed by atoms with van der Waals surface area (Å²) in [5, 5.41) is 9.57. The van der Waals surface area contributed by atoms with Crippen LogP contribution in [0.15, 0.2) is 12.4 Å². The highest BCUT2D eigenvalue weighted by molar-refractivity contribution is 5.78. The van der Waals surface area contributed by atoms with Crippen molar-refractivity contribution < 1.29 is 14.6 Å². The van der Waals surface area contributed by atoms with Crippen molar-refractivity contribution in [3.05, 3.63) is 12.4 Å². The van der Waals surface area contributed by atoms with Gasteiger partial charge in [-0.3, -0.25) is 0 Å². The van der Waals surface area contributed by atoms with E-state index < -0.39 is 12.0 Å². The zero-order valence-electron chi connectivity index (χ0n) is 12.2. The third kappa shape index (κ3) is 2.66. The maximum atomic E-state index is 11.7. The number of anilines is 1. The number of aliphatic carboxylic acids is 1. The van der Waals surface area contributed by atoms with Crippen molar-refractivity contribution in [2.45, 2.75) is 50.6 Å². The molecule has 1 N–H and O–H groups in total. The number of carboxylic acid groups (broad SMARTS) is 1. The van der Waals surface area contributed by atoms with Gasteiger partial charge in [0.15, 0.2) is 0 Å². The molecule has 0 amide bonds.